The number of benzene rings is 1. The minimum absolute atomic E-state index is 0.0255. The number of hydrogen-bond acceptors (Lipinski definition) is 6. The quantitative estimate of drug-likeness (QED) is 0.710. The normalized spacial score (nSPS) is 16.6. The highest BCUT2D eigenvalue weighted by molar-refractivity contribution is 5.79. The average molecular weight is 389 g/mol. The minimum Gasteiger partial charge on any atom is -0.508 e. The number of carbonyl (C=O) groups is 1. The Kier molecular flexibility index (Phi) is 5.37. The van der Waals surface area contributed by atoms with Crippen molar-refractivity contribution in [3.8, 4) is 17.0 Å². The summed E-state index contributed by atoms with van der Waals surface area (Å²) in [6.07, 6.45) is 8.48. The minimum atomic E-state index is 0.0255. The summed E-state index contributed by atoms with van der Waals surface area (Å²) in [5.41, 5.74) is 9.04. The first-order chi connectivity index (χ1) is 14.1. The van der Waals surface area contributed by atoms with Gasteiger partial charge in [0.2, 0.25) is 11.9 Å². The van der Waals surface area contributed by atoms with E-state index in [1.54, 1.807) is 36.7 Å². The molecule has 1 fully saturated rings. The van der Waals surface area contributed by atoms with Crippen LogP contribution in [-0.2, 0) is 11.2 Å². The molecule has 2 aromatic heterocycles. The number of anilines is 1. The molecule has 1 aromatic carbocycles. The number of phenolic OH excluding ortho intramolecular Hbond substituents is 1. The maximum atomic E-state index is 13.0. The number of aromatic nitrogens is 3. The van der Waals surface area contributed by atoms with E-state index in [0.29, 0.717) is 6.42 Å². The van der Waals surface area contributed by atoms with Crippen LogP contribution in [-0.4, -0.2) is 37.4 Å². The van der Waals surface area contributed by atoms with Crippen LogP contribution in [0.25, 0.3) is 11.3 Å². The number of aromatic hydroxyl groups is 1. The second kappa shape index (κ2) is 8.26. The Morgan fingerprint density at radius 2 is 1.79 bits per heavy atom. The first kappa shape index (κ1) is 18.9. The summed E-state index contributed by atoms with van der Waals surface area (Å²) in [4.78, 5) is 27.5. The number of hydrogen-bond donors (Lipinski definition) is 2. The van der Waals surface area contributed by atoms with Gasteiger partial charge < -0.3 is 15.7 Å². The predicted molar refractivity (Wildman–Crippen MR) is 110 cm³/mol. The third kappa shape index (κ3) is 4.34. The van der Waals surface area contributed by atoms with Crippen molar-refractivity contribution in [2.24, 2.45) is 0 Å². The van der Waals surface area contributed by atoms with Gasteiger partial charge in [-0.1, -0.05) is 18.2 Å². The Morgan fingerprint density at radius 1 is 1.03 bits per heavy atom. The Balaban J connectivity index is 1.51. The molecule has 1 unspecified atom stereocenters. The van der Waals surface area contributed by atoms with Crippen LogP contribution in [0.2, 0.25) is 0 Å². The molecular weight excluding hydrogens is 366 g/mol. The second-order valence-corrected chi connectivity index (χ2v) is 7.25. The summed E-state index contributed by atoms with van der Waals surface area (Å²) in [6, 6.07) is 10.8. The van der Waals surface area contributed by atoms with Crippen molar-refractivity contribution in [2.75, 3.05) is 12.3 Å². The van der Waals surface area contributed by atoms with Crippen molar-refractivity contribution in [3.05, 3.63) is 66.1 Å². The van der Waals surface area contributed by atoms with Crippen LogP contribution >= 0.6 is 0 Å². The summed E-state index contributed by atoms with van der Waals surface area (Å²) < 4.78 is 0. The molecule has 1 amide bonds. The molecule has 0 radical (unpaired) electrons. The van der Waals surface area contributed by atoms with Gasteiger partial charge in [0.05, 0.1) is 18.2 Å². The molecule has 29 heavy (non-hydrogen) atoms. The van der Waals surface area contributed by atoms with E-state index < -0.39 is 0 Å². The first-order valence-corrected chi connectivity index (χ1v) is 9.71. The van der Waals surface area contributed by atoms with E-state index in [1.165, 1.54) is 0 Å². The molecule has 0 spiro atoms. The number of nitrogens with zero attached hydrogens (tertiary/aromatic N) is 4. The van der Waals surface area contributed by atoms with Crippen LogP contribution in [0, 0.1) is 0 Å². The Morgan fingerprint density at radius 3 is 2.48 bits per heavy atom. The highest BCUT2D eigenvalue weighted by atomic mass is 16.3. The molecular formula is C22H23N5O2. The zero-order chi connectivity index (χ0) is 20.2. The highest BCUT2D eigenvalue weighted by Crippen LogP contribution is 2.32. The molecule has 0 aliphatic carbocycles. The predicted octanol–water partition coefficient (Wildman–Crippen LogP) is 3.12. The molecule has 1 aliphatic rings. The fraction of sp³-hybridized carbons (Fsp3) is 0.273. The largest absolute Gasteiger partial charge is 0.508 e. The Hall–Kier alpha value is -3.48. The molecule has 1 atom stereocenters. The van der Waals surface area contributed by atoms with Gasteiger partial charge in [0, 0.05) is 30.7 Å². The number of rotatable bonds is 4. The summed E-state index contributed by atoms with van der Waals surface area (Å²) in [7, 11) is 0. The van der Waals surface area contributed by atoms with Gasteiger partial charge in [0.15, 0.2) is 0 Å². The Bertz CT molecular complexity index is 972. The molecule has 1 saturated heterocycles. The number of amides is 1. The lowest BCUT2D eigenvalue weighted by atomic mass is 9.95. The van der Waals surface area contributed by atoms with Crippen LogP contribution < -0.4 is 5.73 Å². The second-order valence-electron chi connectivity index (χ2n) is 7.25. The van der Waals surface area contributed by atoms with Gasteiger partial charge in [-0.15, -0.1) is 0 Å². The zero-order valence-electron chi connectivity index (χ0n) is 16.0. The molecule has 1 aliphatic heterocycles. The average Bonchev–Trinajstić information content (AvgIpc) is 2.76. The number of likely N-dealkylation sites (tertiary alicyclic amines) is 1. The van der Waals surface area contributed by atoms with E-state index in [9.17, 15) is 9.90 Å². The topological polar surface area (TPSA) is 105 Å². The fourth-order valence-electron chi connectivity index (χ4n) is 3.71. The zero-order valence-corrected chi connectivity index (χ0v) is 16.0. The lowest BCUT2D eigenvalue weighted by Gasteiger charge is -2.36. The number of pyridine rings is 1. The maximum absolute atomic E-state index is 13.0. The molecule has 3 N–H and O–H groups in total. The van der Waals surface area contributed by atoms with Crippen molar-refractivity contribution >= 4 is 11.9 Å². The third-order valence-electron chi connectivity index (χ3n) is 5.25. The van der Waals surface area contributed by atoms with Gasteiger partial charge in [0.25, 0.3) is 0 Å². The van der Waals surface area contributed by atoms with Gasteiger partial charge in [-0.3, -0.25) is 9.78 Å². The van der Waals surface area contributed by atoms with Gasteiger partial charge >= 0.3 is 0 Å². The summed E-state index contributed by atoms with van der Waals surface area (Å²) in [5.74, 6) is 0.529. The van der Waals surface area contributed by atoms with E-state index in [2.05, 4.69) is 15.0 Å². The van der Waals surface area contributed by atoms with Crippen LogP contribution in [0.3, 0.4) is 0 Å². The first-order valence-electron chi connectivity index (χ1n) is 9.71. The number of nitrogen functional groups attached to an aromatic ring is 1. The number of nitrogens with two attached hydrogens (primary N) is 1. The van der Waals surface area contributed by atoms with E-state index in [1.807, 2.05) is 23.2 Å². The van der Waals surface area contributed by atoms with Crippen LogP contribution in [0.4, 0.5) is 5.95 Å². The molecule has 0 bridgehead atoms. The lowest BCUT2D eigenvalue weighted by Crippen LogP contribution is -2.39. The molecule has 3 heterocycles. The van der Waals surface area contributed by atoms with Crippen LogP contribution in [0.5, 0.6) is 5.75 Å². The monoisotopic (exact) mass is 389 g/mol. The number of piperidine rings is 1. The molecule has 7 nitrogen and oxygen atoms in total. The van der Waals surface area contributed by atoms with Crippen molar-refractivity contribution in [1.82, 2.24) is 19.9 Å². The van der Waals surface area contributed by atoms with E-state index in [-0.39, 0.29) is 23.6 Å². The Labute approximate surface area is 169 Å². The molecule has 7 heteroatoms. The fourth-order valence-corrected chi connectivity index (χ4v) is 3.71. The van der Waals surface area contributed by atoms with Crippen LogP contribution in [0.15, 0.2) is 55.0 Å². The number of carbonyl (C=O) groups excluding carboxylic acids is 1. The van der Waals surface area contributed by atoms with Gasteiger partial charge in [-0.05, 0) is 48.6 Å². The highest BCUT2D eigenvalue weighted by Gasteiger charge is 2.28. The standard InChI is InChI=1S/C22H23N5O2/c23-22-25-13-17(14-26-22)19-9-6-16(12-24-19)20-3-1-2-10-27(20)21(29)11-15-4-7-18(28)8-5-15/h4-9,12-14,20,28H,1-3,10-11H2,(H2,23,25,26). The van der Waals surface area contributed by atoms with Crippen molar-refractivity contribution < 1.29 is 9.90 Å². The smallest absolute Gasteiger partial charge is 0.227 e. The molecule has 3 aromatic rings. The van der Waals surface area contributed by atoms with E-state index in [4.69, 9.17) is 5.73 Å². The molecule has 148 valence electrons. The lowest BCUT2D eigenvalue weighted by molar-refractivity contribution is -0.134. The summed E-state index contributed by atoms with van der Waals surface area (Å²) >= 11 is 0. The van der Waals surface area contributed by atoms with Gasteiger partial charge in [-0.25, -0.2) is 9.97 Å². The SMILES string of the molecule is Nc1ncc(-c2ccc(C3CCCCN3C(=O)Cc3ccc(O)cc3)cn2)cn1. The number of phenols is 1. The van der Waals surface area contributed by atoms with E-state index >= 15 is 0 Å². The van der Waals surface area contributed by atoms with Crippen molar-refractivity contribution in [1.29, 1.82) is 0 Å². The van der Waals surface area contributed by atoms with Crippen molar-refractivity contribution in [2.45, 2.75) is 31.7 Å². The maximum Gasteiger partial charge on any atom is 0.227 e. The third-order valence-corrected chi connectivity index (χ3v) is 5.25. The van der Waals surface area contributed by atoms with Gasteiger partial charge in [-0.2, -0.15) is 0 Å². The van der Waals surface area contributed by atoms with Gasteiger partial charge in [0.1, 0.15) is 5.75 Å². The van der Waals surface area contributed by atoms with E-state index in [0.717, 1.165) is 48.2 Å². The van der Waals surface area contributed by atoms with Crippen molar-refractivity contribution in [3.63, 3.8) is 0 Å². The summed E-state index contributed by atoms with van der Waals surface area (Å²) in [6.45, 7) is 0.745. The van der Waals surface area contributed by atoms with Crippen LogP contribution in [0.1, 0.15) is 36.4 Å². The molecule has 4 rings (SSSR count). The molecule has 0 saturated carbocycles. The summed E-state index contributed by atoms with van der Waals surface area (Å²) in [5, 5.41) is 9.43.